The Labute approximate surface area is 179 Å². The number of phenolic OH excluding ortho intramolecular Hbond substituents is 1. The molecule has 0 radical (unpaired) electrons. The van der Waals surface area contributed by atoms with Crippen molar-refractivity contribution >= 4 is 39.2 Å². The van der Waals surface area contributed by atoms with Crippen molar-refractivity contribution in [1.29, 1.82) is 0 Å². The molecule has 30 heavy (non-hydrogen) atoms. The van der Waals surface area contributed by atoms with E-state index in [4.69, 9.17) is 11.6 Å². The first-order valence-corrected chi connectivity index (χ1v) is 10.3. The number of rotatable bonds is 2. The maximum atomic E-state index is 10.5. The first-order chi connectivity index (χ1) is 14.4. The van der Waals surface area contributed by atoms with Crippen LogP contribution in [0.15, 0.2) is 36.7 Å². The minimum absolute atomic E-state index is 0.118. The van der Waals surface area contributed by atoms with Gasteiger partial charge in [-0.15, -0.1) is 0 Å². The van der Waals surface area contributed by atoms with Crippen molar-refractivity contribution in [1.82, 2.24) is 24.6 Å². The largest absolute Gasteiger partial charge is 0.507 e. The molecule has 5 rings (SSSR count). The number of piperazine rings is 1. The molecule has 1 N–H and O–H groups in total. The van der Waals surface area contributed by atoms with Gasteiger partial charge in [-0.25, -0.2) is 9.97 Å². The number of nitrogens with zero attached hydrogens (tertiary/aromatic N) is 6. The van der Waals surface area contributed by atoms with Gasteiger partial charge < -0.3 is 14.9 Å². The van der Waals surface area contributed by atoms with Crippen molar-refractivity contribution in [2.24, 2.45) is 7.05 Å². The normalized spacial score (nSPS) is 17.9. The molecule has 154 valence electrons. The number of halogens is 1. The van der Waals surface area contributed by atoms with Gasteiger partial charge in [-0.1, -0.05) is 11.6 Å². The number of phenols is 1. The van der Waals surface area contributed by atoms with Gasteiger partial charge >= 0.3 is 0 Å². The van der Waals surface area contributed by atoms with Gasteiger partial charge in [-0.05, 0) is 32.2 Å². The van der Waals surface area contributed by atoms with Gasteiger partial charge in [0.25, 0.3) is 0 Å². The van der Waals surface area contributed by atoms with E-state index in [2.05, 4.69) is 44.9 Å². The van der Waals surface area contributed by atoms with E-state index in [-0.39, 0.29) is 5.75 Å². The van der Waals surface area contributed by atoms with Crippen LogP contribution in [-0.2, 0) is 7.05 Å². The summed E-state index contributed by atoms with van der Waals surface area (Å²) in [6, 6.07) is 7.86. The Balaban J connectivity index is 1.55. The van der Waals surface area contributed by atoms with Crippen molar-refractivity contribution in [2.75, 3.05) is 31.6 Å². The number of anilines is 1. The van der Waals surface area contributed by atoms with Gasteiger partial charge in [0.2, 0.25) is 0 Å². The molecule has 1 aliphatic heterocycles. The van der Waals surface area contributed by atoms with E-state index in [9.17, 15) is 5.11 Å². The number of likely N-dealkylation sites (N-methyl/N-ethyl adjacent to an activating group) is 1. The van der Waals surface area contributed by atoms with Gasteiger partial charge in [0, 0.05) is 61.3 Å². The zero-order valence-corrected chi connectivity index (χ0v) is 17.9. The smallest absolute Gasteiger partial charge is 0.161 e. The average Bonchev–Trinajstić information content (AvgIpc) is 3.08. The molecule has 1 saturated heterocycles. The molecule has 4 heterocycles. The molecule has 7 nitrogen and oxygen atoms in total. The molecular formula is C22H23ClN6O. The topological polar surface area (TPSA) is 70.3 Å². The highest BCUT2D eigenvalue weighted by molar-refractivity contribution is 6.35. The molecule has 3 aromatic heterocycles. The summed E-state index contributed by atoms with van der Waals surface area (Å²) in [6.45, 7) is 5.15. The third-order valence-corrected chi connectivity index (χ3v) is 6.25. The quantitative estimate of drug-likeness (QED) is 0.531. The van der Waals surface area contributed by atoms with Crippen LogP contribution < -0.4 is 4.90 Å². The zero-order chi connectivity index (χ0) is 21.0. The van der Waals surface area contributed by atoms with Crippen LogP contribution in [-0.4, -0.2) is 62.5 Å². The SMILES string of the molecule is CC1CN(c2cnc3nc(-c4cc5cn(C)nc5cc4O)cc(Cl)c3c2)CCN1C. The molecule has 1 aromatic carbocycles. The highest BCUT2D eigenvalue weighted by Crippen LogP contribution is 2.35. The van der Waals surface area contributed by atoms with Crippen LogP contribution in [0.1, 0.15) is 6.92 Å². The van der Waals surface area contributed by atoms with E-state index in [0.717, 1.165) is 41.6 Å². The summed E-state index contributed by atoms with van der Waals surface area (Å²) in [7, 11) is 4.01. The lowest BCUT2D eigenvalue weighted by Crippen LogP contribution is -2.50. The number of fused-ring (bicyclic) bond motifs is 2. The van der Waals surface area contributed by atoms with Crippen LogP contribution in [0.25, 0.3) is 33.2 Å². The van der Waals surface area contributed by atoms with Gasteiger partial charge in [0.05, 0.1) is 28.1 Å². The molecule has 1 unspecified atom stereocenters. The van der Waals surface area contributed by atoms with Crippen LogP contribution in [0.3, 0.4) is 0 Å². The second-order valence-electron chi connectivity index (χ2n) is 8.06. The number of benzene rings is 1. The Morgan fingerprint density at radius 2 is 1.97 bits per heavy atom. The summed E-state index contributed by atoms with van der Waals surface area (Å²) in [6.07, 6.45) is 3.76. The fraction of sp³-hybridized carbons (Fsp3) is 0.318. The van der Waals surface area contributed by atoms with E-state index in [0.29, 0.717) is 28.0 Å². The minimum atomic E-state index is 0.118. The molecule has 8 heteroatoms. The summed E-state index contributed by atoms with van der Waals surface area (Å²) >= 11 is 6.64. The van der Waals surface area contributed by atoms with Crippen molar-refractivity contribution in [3.05, 3.63) is 41.7 Å². The molecule has 0 spiro atoms. The highest BCUT2D eigenvalue weighted by atomic mass is 35.5. The fourth-order valence-electron chi connectivity index (χ4n) is 4.04. The maximum Gasteiger partial charge on any atom is 0.161 e. The van der Waals surface area contributed by atoms with Gasteiger partial charge in [-0.3, -0.25) is 4.68 Å². The first-order valence-electron chi connectivity index (χ1n) is 9.97. The van der Waals surface area contributed by atoms with E-state index < -0.39 is 0 Å². The predicted octanol–water partition coefficient (Wildman–Crippen LogP) is 3.68. The Morgan fingerprint density at radius 3 is 2.77 bits per heavy atom. The van der Waals surface area contributed by atoms with Gasteiger partial charge in [0.15, 0.2) is 5.65 Å². The second kappa shape index (κ2) is 7.11. The van der Waals surface area contributed by atoms with Gasteiger partial charge in [0.1, 0.15) is 5.75 Å². The summed E-state index contributed by atoms with van der Waals surface area (Å²) in [4.78, 5) is 14.0. The molecule has 1 atom stereocenters. The first kappa shape index (κ1) is 19.1. The summed E-state index contributed by atoms with van der Waals surface area (Å²) in [5.41, 5.74) is 3.55. The van der Waals surface area contributed by atoms with Crippen molar-refractivity contribution in [3.8, 4) is 17.0 Å². The third-order valence-electron chi connectivity index (χ3n) is 5.94. The van der Waals surface area contributed by atoms with E-state index in [1.807, 2.05) is 25.5 Å². The number of pyridine rings is 2. The molecule has 0 bridgehead atoms. The Morgan fingerprint density at radius 1 is 1.13 bits per heavy atom. The number of hydrogen-bond donors (Lipinski definition) is 1. The van der Waals surface area contributed by atoms with E-state index in [1.54, 1.807) is 16.8 Å². The molecular weight excluding hydrogens is 400 g/mol. The van der Waals surface area contributed by atoms with Gasteiger partial charge in [-0.2, -0.15) is 5.10 Å². The van der Waals surface area contributed by atoms with Crippen LogP contribution >= 0.6 is 11.6 Å². The second-order valence-corrected chi connectivity index (χ2v) is 8.47. The summed E-state index contributed by atoms with van der Waals surface area (Å²) in [5, 5.41) is 17.2. The molecule has 0 amide bonds. The van der Waals surface area contributed by atoms with Crippen LogP contribution in [0, 0.1) is 0 Å². The van der Waals surface area contributed by atoms with Crippen LogP contribution in [0.5, 0.6) is 5.75 Å². The summed E-state index contributed by atoms with van der Waals surface area (Å²) in [5.74, 6) is 0.118. The summed E-state index contributed by atoms with van der Waals surface area (Å²) < 4.78 is 1.72. The molecule has 1 aliphatic rings. The number of aromatic hydroxyl groups is 1. The Hall–Kier alpha value is -2.90. The monoisotopic (exact) mass is 422 g/mol. The minimum Gasteiger partial charge on any atom is -0.507 e. The van der Waals surface area contributed by atoms with Crippen molar-refractivity contribution in [3.63, 3.8) is 0 Å². The maximum absolute atomic E-state index is 10.5. The standard InChI is InChI=1S/C22H23ClN6O/c1-13-11-29(5-4-27(13)2)15-7-16-18(23)8-20(25-22(16)24-10-15)17-6-14-12-28(3)26-19(14)9-21(17)30/h6-10,12-13,30H,4-5,11H2,1-3H3. The number of aryl methyl sites for hydroxylation is 1. The van der Waals surface area contributed by atoms with E-state index >= 15 is 0 Å². The Bertz CT molecular complexity index is 1270. The molecule has 0 saturated carbocycles. The highest BCUT2D eigenvalue weighted by Gasteiger charge is 2.22. The zero-order valence-electron chi connectivity index (χ0n) is 17.2. The number of hydrogen-bond acceptors (Lipinski definition) is 6. The lowest BCUT2D eigenvalue weighted by atomic mass is 10.1. The molecule has 4 aromatic rings. The third kappa shape index (κ3) is 3.24. The van der Waals surface area contributed by atoms with E-state index in [1.165, 1.54) is 0 Å². The lowest BCUT2D eigenvalue weighted by molar-refractivity contribution is 0.234. The predicted molar refractivity (Wildman–Crippen MR) is 120 cm³/mol. The van der Waals surface area contributed by atoms with Crippen molar-refractivity contribution < 1.29 is 5.11 Å². The average molecular weight is 423 g/mol. The fourth-order valence-corrected chi connectivity index (χ4v) is 4.28. The van der Waals surface area contributed by atoms with Crippen molar-refractivity contribution in [2.45, 2.75) is 13.0 Å². The Kier molecular flexibility index (Phi) is 4.52. The molecule has 1 fully saturated rings. The molecule has 0 aliphatic carbocycles. The van der Waals surface area contributed by atoms with Crippen LogP contribution in [0.2, 0.25) is 5.02 Å². The lowest BCUT2D eigenvalue weighted by Gasteiger charge is -2.38. The number of aromatic nitrogens is 4. The van der Waals surface area contributed by atoms with Crippen LogP contribution in [0.4, 0.5) is 5.69 Å².